The fraction of sp³-hybridized carbons (Fsp3) is 0.389. The summed E-state index contributed by atoms with van der Waals surface area (Å²) in [6, 6.07) is 7.36. The van der Waals surface area contributed by atoms with Crippen LogP contribution in [-0.4, -0.2) is 25.0 Å². The van der Waals surface area contributed by atoms with E-state index in [0.717, 1.165) is 12.8 Å². The number of ether oxygens (including phenoxy) is 1. The minimum absolute atomic E-state index is 0.129. The highest BCUT2D eigenvalue weighted by atomic mass is 19.1. The average Bonchev–Trinajstić information content (AvgIpc) is 2.62. The van der Waals surface area contributed by atoms with Gasteiger partial charge in [0.15, 0.2) is 6.61 Å². The second-order valence-corrected chi connectivity index (χ2v) is 5.52. The third-order valence-corrected chi connectivity index (χ3v) is 3.83. The van der Waals surface area contributed by atoms with Crippen molar-refractivity contribution in [3.05, 3.63) is 42.2 Å². The molecule has 1 atom stereocenters. The van der Waals surface area contributed by atoms with E-state index in [1.165, 1.54) is 29.2 Å². The number of carbonyl (C=O) groups excluding carboxylic acids is 2. The summed E-state index contributed by atoms with van der Waals surface area (Å²) in [4.78, 5) is 25.7. The van der Waals surface area contributed by atoms with Crippen molar-refractivity contribution in [1.82, 2.24) is 0 Å². The average molecular weight is 330 g/mol. The molecule has 1 aromatic rings. The summed E-state index contributed by atoms with van der Waals surface area (Å²) in [5.74, 6) is -1.44. The predicted molar refractivity (Wildman–Crippen MR) is 86.4 cm³/mol. The molecule has 24 heavy (non-hydrogen) atoms. The highest BCUT2D eigenvalue weighted by Crippen LogP contribution is 2.20. The number of allylic oxidation sites excluding steroid dienone is 2. The van der Waals surface area contributed by atoms with Gasteiger partial charge in [-0.05, 0) is 43.5 Å². The molecule has 126 valence electrons. The van der Waals surface area contributed by atoms with Crippen molar-refractivity contribution in [2.24, 2.45) is 5.92 Å². The van der Waals surface area contributed by atoms with E-state index in [2.05, 4.69) is 0 Å². The summed E-state index contributed by atoms with van der Waals surface area (Å²) in [6.45, 7) is -0.230. The Kier molecular flexibility index (Phi) is 6.50. The van der Waals surface area contributed by atoms with Gasteiger partial charge in [-0.15, -0.1) is 0 Å². The molecule has 0 N–H and O–H groups in total. The Hall–Kier alpha value is -2.68. The van der Waals surface area contributed by atoms with Gasteiger partial charge in [-0.1, -0.05) is 12.2 Å². The molecule has 5 nitrogen and oxygen atoms in total. The van der Waals surface area contributed by atoms with Gasteiger partial charge in [-0.2, -0.15) is 5.26 Å². The van der Waals surface area contributed by atoms with Gasteiger partial charge in [-0.25, -0.2) is 4.39 Å². The first-order valence-corrected chi connectivity index (χ1v) is 7.86. The van der Waals surface area contributed by atoms with Crippen LogP contribution in [-0.2, 0) is 14.3 Å². The molecule has 0 bridgehead atoms. The Labute approximate surface area is 140 Å². The lowest BCUT2D eigenvalue weighted by Gasteiger charge is -2.22. The normalized spacial score (nSPS) is 16.2. The SMILES string of the molecule is N#CCCN(C(=O)COC(=O)C1CC=CCC1)c1ccc(F)cc1. The summed E-state index contributed by atoms with van der Waals surface area (Å²) in [6.07, 6.45) is 6.27. The zero-order chi connectivity index (χ0) is 17.4. The van der Waals surface area contributed by atoms with Crippen molar-refractivity contribution < 1.29 is 18.7 Å². The van der Waals surface area contributed by atoms with Crippen LogP contribution in [0.5, 0.6) is 0 Å². The third-order valence-electron chi connectivity index (χ3n) is 3.83. The molecular weight excluding hydrogens is 311 g/mol. The molecule has 0 spiro atoms. The number of hydrogen-bond acceptors (Lipinski definition) is 4. The van der Waals surface area contributed by atoms with E-state index in [1.54, 1.807) is 0 Å². The maximum absolute atomic E-state index is 13.0. The van der Waals surface area contributed by atoms with Gasteiger partial charge in [-0.3, -0.25) is 9.59 Å². The summed E-state index contributed by atoms with van der Waals surface area (Å²) >= 11 is 0. The zero-order valence-corrected chi connectivity index (χ0v) is 13.3. The van der Waals surface area contributed by atoms with Gasteiger partial charge in [0.2, 0.25) is 0 Å². The van der Waals surface area contributed by atoms with E-state index in [4.69, 9.17) is 10.00 Å². The molecule has 1 unspecified atom stereocenters. The molecule has 0 radical (unpaired) electrons. The molecule has 2 rings (SSSR count). The second-order valence-electron chi connectivity index (χ2n) is 5.52. The smallest absolute Gasteiger partial charge is 0.309 e. The van der Waals surface area contributed by atoms with Crippen LogP contribution >= 0.6 is 0 Å². The number of nitriles is 1. The Morgan fingerprint density at radius 3 is 2.67 bits per heavy atom. The van der Waals surface area contributed by atoms with Crippen LogP contribution in [0.4, 0.5) is 10.1 Å². The van der Waals surface area contributed by atoms with Gasteiger partial charge in [0.25, 0.3) is 5.91 Å². The quantitative estimate of drug-likeness (QED) is 0.594. The predicted octanol–water partition coefficient (Wildman–Crippen LogP) is 2.97. The van der Waals surface area contributed by atoms with Crippen LogP contribution in [0.15, 0.2) is 36.4 Å². The minimum Gasteiger partial charge on any atom is -0.455 e. The number of halogens is 1. The van der Waals surface area contributed by atoms with Crippen LogP contribution < -0.4 is 4.90 Å². The number of rotatable bonds is 6. The highest BCUT2D eigenvalue weighted by Gasteiger charge is 2.23. The van der Waals surface area contributed by atoms with Crippen molar-refractivity contribution in [2.75, 3.05) is 18.1 Å². The molecule has 1 aliphatic rings. The number of nitrogens with zero attached hydrogens (tertiary/aromatic N) is 2. The van der Waals surface area contributed by atoms with E-state index in [9.17, 15) is 14.0 Å². The van der Waals surface area contributed by atoms with Gasteiger partial charge < -0.3 is 9.64 Å². The first-order chi connectivity index (χ1) is 11.6. The number of carbonyl (C=O) groups is 2. The number of amides is 1. The van der Waals surface area contributed by atoms with E-state index >= 15 is 0 Å². The van der Waals surface area contributed by atoms with Gasteiger partial charge in [0.05, 0.1) is 18.4 Å². The molecule has 6 heteroatoms. The molecule has 0 saturated carbocycles. The summed E-state index contributed by atoms with van der Waals surface area (Å²) in [5.41, 5.74) is 0.466. The fourth-order valence-electron chi connectivity index (χ4n) is 2.52. The summed E-state index contributed by atoms with van der Waals surface area (Å²) < 4.78 is 18.2. The molecule has 1 aromatic carbocycles. The fourth-order valence-corrected chi connectivity index (χ4v) is 2.52. The van der Waals surface area contributed by atoms with Crippen LogP contribution in [0.2, 0.25) is 0 Å². The van der Waals surface area contributed by atoms with E-state index in [1.807, 2.05) is 18.2 Å². The molecule has 0 heterocycles. The Morgan fingerprint density at radius 1 is 1.29 bits per heavy atom. The molecule has 0 aromatic heterocycles. The molecule has 0 saturated heterocycles. The number of anilines is 1. The van der Waals surface area contributed by atoms with Crippen molar-refractivity contribution in [3.63, 3.8) is 0 Å². The zero-order valence-electron chi connectivity index (χ0n) is 13.3. The summed E-state index contributed by atoms with van der Waals surface area (Å²) in [7, 11) is 0. The van der Waals surface area contributed by atoms with Crippen molar-refractivity contribution in [1.29, 1.82) is 5.26 Å². The topological polar surface area (TPSA) is 70.4 Å². The van der Waals surface area contributed by atoms with Crippen molar-refractivity contribution >= 4 is 17.6 Å². The van der Waals surface area contributed by atoms with E-state index < -0.39 is 11.7 Å². The van der Waals surface area contributed by atoms with Crippen LogP contribution in [0, 0.1) is 23.1 Å². The third kappa shape index (κ3) is 4.92. The maximum Gasteiger partial charge on any atom is 0.309 e. The monoisotopic (exact) mass is 330 g/mol. The minimum atomic E-state index is -0.434. The van der Waals surface area contributed by atoms with Gasteiger partial charge in [0.1, 0.15) is 5.82 Å². The van der Waals surface area contributed by atoms with E-state index in [0.29, 0.717) is 12.1 Å². The van der Waals surface area contributed by atoms with Crippen molar-refractivity contribution in [3.8, 4) is 6.07 Å². The number of benzene rings is 1. The lowest BCUT2D eigenvalue weighted by atomic mass is 9.95. The van der Waals surface area contributed by atoms with Gasteiger partial charge >= 0.3 is 5.97 Å². The molecule has 0 fully saturated rings. The first-order valence-electron chi connectivity index (χ1n) is 7.86. The van der Waals surface area contributed by atoms with E-state index in [-0.39, 0.29) is 31.5 Å². The van der Waals surface area contributed by atoms with Crippen LogP contribution in [0.25, 0.3) is 0 Å². The Bertz CT molecular complexity index is 649. The molecule has 1 amide bonds. The number of hydrogen-bond donors (Lipinski definition) is 0. The standard InChI is InChI=1S/C18H19FN2O3/c19-15-7-9-16(10-8-15)21(12-4-11-20)17(22)13-24-18(23)14-5-2-1-3-6-14/h1-2,7-10,14H,3-6,12-13H2. The lowest BCUT2D eigenvalue weighted by molar-refractivity contribution is -0.152. The largest absolute Gasteiger partial charge is 0.455 e. The maximum atomic E-state index is 13.0. The van der Waals surface area contributed by atoms with Gasteiger partial charge in [0, 0.05) is 12.2 Å². The van der Waals surface area contributed by atoms with Crippen LogP contribution in [0.3, 0.4) is 0 Å². The summed E-state index contributed by atoms with van der Waals surface area (Å²) in [5, 5.41) is 8.74. The molecule has 0 aliphatic heterocycles. The lowest BCUT2D eigenvalue weighted by Crippen LogP contribution is -2.36. The second kappa shape index (κ2) is 8.82. The molecular formula is C18H19FN2O3. The Balaban J connectivity index is 1.97. The highest BCUT2D eigenvalue weighted by molar-refractivity contribution is 5.95. The van der Waals surface area contributed by atoms with Crippen LogP contribution in [0.1, 0.15) is 25.7 Å². The van der Waals surface area contributed by atoms with Crippen molar-refractivity contribution in [2.45, 2.75) is 25.7 Å². The number of esters is 1. The molecule has 1 aliphatic carbocycles. The Morgan fingerprint density at radius 2 is 2.04 bits per heavy atom. The first kappa shape index (κ1) is 17.7.